The van der Waals surface area contributed by atoms with Crippen LogP contribution < -0.4 is 10.5 Å². The van der Waals surface area contributed by atoms with Crippen LogP contribution in [0, 0.1) is 0 Å². The molecule has 0 spiro atoms. The summed E-state index contributed by atoms with van der Waals surface area (Å²) in [5, 5.41) is -0.0766. The Morgan fingerprint density at radius 3 is 2.44 bits per heavy atom. The normalized spacial score (nSPS) is 13.6. The van der Waals surface area contributed by atoms with Crippen molar-refractivity contribution in [3.8, 4) is 5.88 Å². The molecule has 3 nitrogen and oxygen atoms in total. The van der Waals surface area contributed by atoms with E-state index in [0.29, 0.717) is 0 Å². The highest BCUT2D eigenvalue weighted by atomic mass is 35.5. The molecular formula is C8H7Cl2F3N2O. The molecule has 1 rings (SSSR count). The SMILES string of the molecule is CC(Oc1nc(N)c(Cl)cc1Cl)C(F)(F)F. The van der Waals surface area contributed by atoms with Crippen LogP contribution in [0.5, 0.6) is 5.88 Å². The van der Waals surface area contributed by atoms with E-state index in [0.717, 1.165) is 6.92 Å². The highest BCUT2D eigenvalue weighted by molar-refractivity contribution is 6.36. The molecule has 2 N–H and O–H groups in total. The molecule has 8 heteroatoms. The quantitative estimate of drug-likeness (QED) is 0.900. The predicted molar refractivity (Wildman–Crippen MR) is 54.8 cm³/mol. The van der Waals surface area contributed by atoms with E-state index < -0.39 is 18.2 Å². The number of pyridine rings is 1. The molecule has 0 aromatic carbocycles. The summed E-state index contributed by atoms with van der Waals surface area (Å²) in [7, 11) is 0. The number of alkyl halides is 3. The summed E-state index contributed by atoms with van der Waals surface area (Å²) in [6.07, 6.45) is -6.53. The average Bonchev–Trinajstić information content (AvgIpc) is 2.12. The lowest BCUT2D eigenvalue weighted by Gasteiger charge is -2.17. The Morgan fingerprint density at radius 1 is 1.38 bits per heavy atom. The largest absolute Gasteiger partial charge is 0.464 e. The number of hydrogen-bond acceptors (Lipinski definition) is 3. The second kappa shape index (κ2) is 4.55. The second-order valence-electron chi connectivity index (χ2n) is 2.94. The van der Waals surface area contributed by atoms with Crippen molar-refractivity contribution in [3.05, 3.63) is 16.1 Å². The van der Waals surface area contributed by atoms with E-state index in [9.17, 15) is 13.2 Å². The van der Waals surface area contributed by atoms with Gasteiger partial charge >= 0.3 is 6.18 Å². The molecule has 1 unspecified atom stereocenters. The molecule has 0 bridgehead atoms. The van der Waals surface area contributed by atoms with Gasteiger partial charge in [0, 0.05) is 0 Å². The fourth-order valence-corrected chi connectivity index (χ4v) is 1.18. The third kappa shape index (κ3) is 3.05. The van der Waals surface area contributed by atoms with Gasteiger partial charge in [0.15, 0.2) is 6.10 Å². The van der Waals surface area contributed by atoms with Crippen molar-refractivity contribution in [3.63, 3.8) is 0 Å². The maximum atomic E-state index is 12.2. The summed E-state index contributed by atoms with van der Waals surface area (Å²) >= 11 is 11.2. The van der Waals surface area contributed by atoms with Crippen molar-refractivity contribution in [1.82, 2.24) is 4.98 Å². The first kappa shape index (κ1) is 13.2. The number of nitrogen functional groups attached to an aromatic ring is 1. The molecule has 0 radical (unpaired) electrons. The van der Waals surface area contributed by atoms with E-state index in [4.69, 9.17) is 28.9 Å². The second-order valence-corrected chi connectivity index (χ2v) is 3.76. The average molecular weight is 275 g/mol. The smallest absolute Gasteiger partial charge is 0.425 e. The number of rotatable bonds is 2. The molecule has 0 aliphatic rings. The number of nitrogens with zero attached hydrogens (tertiary/aromatic N) is 1. The van der Waals surface area contributed by atoms with Crippen LogP contribution in [0.3, 0.4) is 0 Å². The molecule has 0 saturated heterocycles. The first-order valence-corrected chi connectivity index (χ1v) is 4.82. The van der Waals surface area contributed by atoms with Crippen molar-refractivity contribution in [2.75, 3.05) is 5.73 Å². The topological polar surface area (TPSA) is 48.1 Å². The highest BCUT2D eigenvalue weighted by Gasteiger charge is 2.38. The van der Waals surface area contributed by atoms with Gasteiger partial charge < -0.3 is 10.5 Å². The lowest BCUT2D eigenvalue weighted by atomic mass is 10.4. The zero-order valence-corrected chi connectivity index (χ0v) is 9.49. The molecule has 0 amide bonds. The van der Waals surface area contributed by atoms with Gasteiger partial charge in [0.1, 0.15) is 10.8 Å². The fourth-order valence-electron chi connectivity index (χ4n) is 0.780. The third-order valence-corrected chi connectivity index (χ3v) is 2.25. The summed E-state index contributed by atoms with van der Waals surface area (Å²) < 4.78 is 41.1. The van der Waals surface area contributed by atoms with Crippen LogP contribution in [0.25, 0.3) is 0 Å². The van der Waals surface area contributed by atoms with Crippen molar-refractivity contribution in [1.29, 1.82) is 0 Å². The number of aromatic nitrogens is 1. The summed E-state index contributed by atoms with van der Waals surface area (Å²) in [4.78, 5) is 3.52. The zero-order chi connectivity index (χ0) is 12.5. The van der Waals surface area contributed by atoms with Crippen LogP contribution in [0.1, 0.15) is 6.92 Å². The van der Waals surface area contributed by atoms with E-state index in [1.807, 2.05) is 0 Å². The maximum absolute atomic E-state index is 12.2. The number of halogens is 5. The summed E-state index contributed by atoms with van der Waals surface area (Å²) in [5.74, 6) is -0.538. The van der Waals surface area contributed by atoms with Gasteiger partial charge in [0.05, 0.1) is 5.02 Å². The van der Waals surface area contributed by atoms with Crippen LogP contribution in [0.2, 0.25) is 10.0 Å². The van der Waals surface area contributed by atoms with Gasteiger partial charge in [-0.05, 0) is 13.0 Å². The molecular weight excluding hydrogens is 268 g/mol. The Labute approximate surface area is 99.3 Å². The maximum Gasteiger partial charge on any atom is 0.425 e. The van der Waals surface area contributed by atoms with Crippen LogP contribution in [-0.4, -0.2) is 17.3 Å². The van der Waals surface area contributed by atoms with Gasteiger partial charge in [-0.25, -0.2) is 0 Å². The van der Waals surface area contributed by atoms with E-state index >= 15 is 0 Å². The number of nitrogens with two attached hydrogens (primary N) is 1. The number of hydrogen-bond donors (Lipinski definition) is 1. The Balaban J connectivity index is 2.94. The van der Waals surface area contributed by atoms with E-state index in [1.165, 1.54) is 6.07 Å². The lowest BCUT2D eigenvalue weighted by Crippen LogP contribution is -2.31. The van der Waals surface area contributed by atoms with Crippen LogP contribution in [0.15, 0.2) is 6.07 Å². The monoisotopic (exact) mass is 274 g/mol. The van der Waals surface area contributed by atoms with E-state index in [2.05, 4.69) is 9.72 Å². The summed E-state index contributed by atoms with van der Waals surface area (Å²) in [5.41, 5.74) is 5.31. The standard InChI is InChI=1S/C8H7Cl2F3N2O/c1-3(8(11,12)13)16-7-5(10)2-4(9)6(14)15-7/h2-3H,1H3,(H2,14,15). The molecule has 0 aliphatic heterocycles. The summed E-state index contributed by atoms with van der Waals surface area (Å²) in [6.45, 7) is 0.836. The molecule has 90 valence electrons. The molecule has 1 aromatic rings. The Morgan fingerprint density at radius 2 is 1.94 bits per heavy atom. The molecule has 0 saturated carbocycles. The minimum absolute atomic E-state index is 0.0528. The van der Waals surface area contributed by atoms with Crippen molar-refractivity contribution >= 4 is 29.0 Å². The number of ether oxygens (including phenoxy) is 1. The minimum Gasteiger partial charge on any atom is -0.464 e. The number of anilines is 1. The Bertz CT molecular complexity index is 398. The zero-order valence-electron chi connectivity index (χ0n) is 7.98. The molecule has 0 fully saturated rings. The van der Waals surface area contributed by atoms with E-state index in [1.54, 1.807) is 0 Å². The minimum atomic E-state index is -4.50. The van der Waals surface area contributed by atoms with Gasteiger partial charge in [-0.2, -0.15) is 18.2 Å². The fraction of sp³-hybridized carbons (Fsp3) is 0.375. The van der Waals surface area contributed by atoms with Gasteiger partial charge in [-0.3, -0.25) is 0 Å². The van der Waals surface area contributed by atoms with Crippen LogP contribution in [-0.2, 0) is 0 Å². The van der Waals surface area contributed by atoms with Gasteiger partial charge in [0.25, 0.3) is 0 Å². The van der Waals surface area contributed by atoms with Crippen LogP contribution in [0.4, 0.5) is 19.0 Å². The van der Waals surface area contributed by atoms with E-state index in [-0.39, 0.29) is 15.9 Å². The van der Waals surface area contributed by atoms with Gasteiger partial charge in [-0.1, -0.05) is 23.2 Å². The van der Waals surface area contributed by atoms with Crippen molar-refractivity contribution in [2.24, 2.45) is 0 Å². The molecule has 16 heavy (non-hydrogen) atoms. The third-order valence-electron chi connectivity index (χ3n) is 1.67. The van der Waals surface area contributed by atoms with Crippen LogP contribution >= 0.6 is 23.2 Å². The van der Waals surface area contributed by atoms with Gasteiger partial charge in [0.2, 0.25) is 5.88 Å². The first-order chi connectivity index (χ1) is 7.21. The molecule has 1 atom stereocenters. The molecule has 0 aliphatic carbocycles. The molecule has 1 heterocycles. The van der Waals surface area contributed by atoms with Crippen molar-refractivity contribution < 1.29 is 17.9 Å². The predicted octanol–water partition coefficient (Wildman–Crippen LogP) is 3.30. The highest BCUT2D eigenvalue weighted by Crippen LogP contribution is 2.32. The first-order valence-electron chi connectivity index (χ1n) is 4.06. The summed E-state index contributed by atoms with van der Waals surface area (Å²) in [6, 6.07) is 1.17. The Hall–Kier alpha value is -0.880. The van der Waals surface area contributed by atoms with Crippen molar-refractivity contribution in [2.45, 2.75) is 19.2 Å². The molecule has 1 aromatic heterocycles. The lowest BCUT2D eigenvalue weighted by molar-refractivity contribution is -0.189. The van der Waals surface area contributed by atoms with Gasteiger partial charge in [-0.15, -0.1) is 0 Å². The Kier molecular flexibility index (Phi) is 3.75.